The molecular weight excluding hydrogens is 439 g/mol. The lowest BCUT2D eigenvalue weighted by Gasteiger charge is -2.38. The molecule has 1 fully saturated rings. The molecule has 0 amide bonds. The number of benzene rings is 1. The van der Waals surface area contributed by atoms with Gasteiger partial charge in [-0.15, -0.1) is 24.0 Å². The highest BCUT2D eigenvalue weighted by Crippen LogP contribution is 2.19. The first-order valence-electron chi connectivity index (χ1n) is 8.98. The number of aliphatic imine (C=N–C) groups is 1. The number of hydrogen-bond donors (Lipinski definition) is 3. The number of hydrogen-bond acceptors (Lipinski definition) is 3. The second kappa shape index (κ2) is 10.5. The molecule has 0 aliphatic carbocycles. The summed E-state index contributed by atoms with van der Waals surface area (Å²) in [7, 11) is 1.82. The molecule has 6 nitrogen and oxygen atoms in total. The molecule has 1 aromatic carbocycles. The van der Waals surface area contributed by atoms with E-state index in [1.165, 1.54) is 5.56 Å². The Kier molecular flexibility index (Phi) is 8.37. The van der Waals surface area contributed by atoms with E-state index in [1.54, 1.807) is 6.20 Å². The first-order valence-corrected chi connectivity index (χ1v) is 8.98. The molecule has 142 valence electrons. The van der Waals surface area contributed by atoms with Gasteiger partial charge < -0.3 is 10.6 Å². The molecule has 2 atom stereocenters. The van der Waals surface area contributed by atoms with Gasteiger partial charge in [0.25, 0.3) is 0 Å². The number of nitrogens with zero attached hydrogens (tertiary/aromatic N) is 3. The van der Waals surface area contributed by atoms with Gasteiger partial charge in [0.15, 0.2) is 5.96 Å². The first kappa shape index (κ1) is 20.7. The summed E-state index contributed by atoms with van der Waals surface area (Å²) in [5.41, 5.74) is 2.44. The normalized spacial score (nSPS) is 21.1. The fourth-order valence-electron chi connectivity index (χ4n) is 3.35. The van der Waals surface area contributed by atoms with Gasteiger partial charge in [-0.3, -0.25) is 15.0 Å². The minimum atomic E-state index is 0. The van der Waals surface area contributed by atoms with Gasteiger partial charge in [-0.25, -0.2) is 0 Å². The van der Waals surface area contributed by atoms with Gasteiger partial charge in [0.2, 0.25) is 0 Å². The summed E-state index contributed by atoms with van der Waals surface area (Å²) >= 11 is 0. The number of nitrogens with one attached hydrogen (secondary N) is 3. The van der Waals surface area contributed by atoms with Crippen LogP contribution in [0.2, 0.25) is 0 Å². The van der Waals surface area contributed by atoms with Gasteiger partial charge in [0, 0.05) is 38.4 Å². The molecule has 7 heteroatoms. The Hall–Kier alpha value is -1.61. The van der Waals surface area contributed by atoms with E-state index < -0.39 is 0 Å². The fourth-order valence-corrected chi connectivity index (χ4v) is 3.35. The smallest absolute Gasteiger partial charge is 0.191 e. The van der Waals surface area contributed by atoms with E-state index in [2.05, 4.69) is 68.0 Å². The quantitative estimate of drug-likeness (QED) is 0.359. The summed E-state index contributed by atoms with van der Waals surface area (Å²) in [5, 5.41) is 13.8. The van der Waals surface area contributed by atoms with Gasteiger partial charge in [-0.05, 0) is 31.4 Å². The monoisotopic (exact) mass is 468 g/mol. The van der Waals surface area contributed by atoms with E-state index in [4.69, 9.17) is 0 Å². The highest BCUT2D eigenvalue weighted by Gasteiger charge is 2.25. The topological polar surface area (TPSA) is 68.3 Å². The average molecular weight is 468 g/mol. The van der Waals surface area contributed by atoms with E-state index in [0.717, 1.165) is 37.6 Å². The van der Waals surface area contributed by atoms with Crippen molar-refractivity contribution in [2.45, 2.75) is 44.9 Å². The van der Waals surface area contributed by atoms with Gasteiger partial charge >= 0.3 is 0 Å². The predicted octanol–water partition coefficient (Wildman–Crippen LogP) is 2.75. The zero-order valence-corrected chi connectivity index (χ0v) is 17.8. The van der Waals surface area contributed by atoms with Crippen molar-refractivity contribution in [2.24, 2.45) is 4.99 Å². The Morgan fingerprint density at radius 3 is 2.77 bits per heavy atom. The number of aromatic amines is 1. The number of halogens is 1. The van der Waals surface area contributed by atoms with Crippen molar-refractivity contribution < 1.29 is 0 Å². The summed E-state index contributed by atoms with van der Waals surface area (Å²) in [5.74, 6) is 0.850. The zero-order chi connectivity index (χ0) is 17.5. The van der Waals surface area contributed by atoms with Crippen LogP contribution in [0.15, 0.2) is 47.6 Å². The first-order chi connectivity index (χ1) is 12.2. The maximum absolute atomic E-state index is 4.34. The molecule has 3 rings (SSSR count). The molecule has 1 aliphatic rings. The number of guanidine groups is 1. The van der Waals surface area contributed by atoms with Crippen LogP contribution in [0.4, 0.5) is 0 Å². The number of aromatic nitrogens is 2. The number of H-pyrrole nitrogens is 1. The molecule has 1 saturated heterocycles. The van der Waals surface area contributed by atoms with Crippen LogP contribution in [0.1, 0.15) is 31.0 Å². The molecule has 26 heavy (non-hydrogen) atoms. The van der Waals surface area contributed by atoms with Crippen LogP contribution in [-0.2, 0) is 13.1 Å². The molecule has 2 heterocycles. The van der Waals surface area contributed by atoms with E-state index in [9.17, 15) is 0 Å². The standard InChI is InChI=1S/C19H28N6.HI/c1-15-12-17(9-11-25(15)14-16-6-4-3-5-7-16)23-19(20-2)21-13-18-8-10-22-24-18;/h3-8,10,15,17H,9,11-14H2,1-2H3,(H,22,24)(H2,20,21,23);1H. The molecular formula is C19H29IN6. The largest absolute Gasteiger partial charge is 0.354 e. The molecule has 2 unspecified atom stereocenters. The molecule has 1 aliphatic heterocycles. The second-order valence-corrected chi connectivity index (χ2v) is 6.68. The summed E-state index contributed by atoms with van der Waals surface area (Å²) < 4.78 is 0. The lowest BCUT2D eigenvalue weighted by Crippen LogP contribution is -2.51. The lowest BCUT2D eigenvalue weighted by molar-refractivity contribution is 0.134. The molecule has 0 radical (unpaired) electrons. The second-order valence-electron chi connectivity index (χ2n) is 6.68. The van der Waals surface area contributed by atoms with E-state index >= 15 is 0 Å². The minimum Gasteiger partial charge on any atom is -0.354 e. The van der Waals surface area contributed by atoms with Crippen LogP contribution >= 0.6 is 24.0 Å². The summed E-state index contributed by atoms with van der Waals surface area (Å²) in [6.45, 7) is 5.15. The minimum absolute atomic E-state index is 0. The number of rotatable bonds is 5. The molecule has 0 saturated carbocycles. The zero-order valence-electron chi connectivity index (χ0n) is 15.5. The van der Waals surface area contributed by atoms with Gasteiger partial charge in [-0.2, -0.15) is 5.10 Å². The third-order valence-electron chi connectivity index (χ3n) is 4.81. The van der Waals surface area contributed by atoms with Crippen LogP contribution in [-0.4, -0.2) is 46.7 Å². The highest BCUT2D eigenvalue weighted by molar-refractivity contribution is 14.0. The number of likely N-dealkylation sites (tertiary alicyclic amines) is 1. The average Bonchev–Trinajstić information content (AvgIpc) is 3.15. The van der Waals surface area contributed by atoms with Crippen LogP contribution in [0, 0.1) is 0 Å². The maximum atomic E-state index is 4.34. The van der Waals surface area contributed by atoms with Crippen LogP contribution in [0.25, 0.3) is 0 Å². The molecule has 0 bridgehead atoms. The Bertz CT molecular complexity index is 658. The van der Waals surface area contributed by atoms with Gasteiger partial charge in [0.05, 0.1) is 12.2 Å². The third kappa shape index (κ3) is 5.98. The number of piperidine rings is 1. The third-order valence-corrected chi connectivity index (χ3v) is 4.81. The van der Waals surface area contributed by atoms with Crippen molar-refractivity contribution >= 4 is 29.9 Å². The molecule has 1 aromatic heterocycles. The Labute approximate surface area is 172 Å². The van der Waals surface area contributed by atoms with Crippen molar-refractivity contribution in [2.75, 3.05) is 13.6 Å². The van der Waals surface area contributed by atoms with E-state index in [-0.39, 0.29) is 24.0 Å². The Balaban J connectivity index is 0.00000243. The van der Waals surface area contributed by atoms with Crippen LogP contribution in [0.5, 0.6) is 0 Å². The van der Waals surface area contributed by atoms with E-state index in [1.807, 2.05) is 13.1 Å². The molecule has 3 N–H and O–H groups in total. The van der Waals surface area contributed by atoms with Gasteiger partial charge in [0.1, 0.15) is 0 Å². The SMILES string of the molecule is CN=C(NCc1ccn[nH]1)NC1CCN(Cc2ccccc2)C(C)C1.I. The van der Waals surface area contributed by atoms with Crippen molar-refractivity contribution in [3.63, 3.8) is 0 Å². The van der Waals surface area contributed by atoms with Crippen molar-refractivity contribution in [3.05, 3.63) is 53.9 Å². The summed E-state index contributed by atoms with van der Waals surface area (Å²) in [4.78, 5) is 6.90. The van der Waals surface area contributed by atoms with E-state index in [0.29, 0.717) is 18.6 Å². The fraction of sp³-hybridized carbons (Fsp3) is 0.474. The van der Waals surface area contributed by atoms with Crippen LogP contribution in [0.3, 0.4) is 0 Å². The summed E-state index contributed by atoms with van der Waals surface area (Å²) in [6.07, 6.45) is 4.01. The van der Waals surface area contributed by atoms with Crippen molar-refractivity contribution in [1.82, 2.24) is 25.7 Å². The van der Waals surface area contributed by atoms with Crippen molar-refractivity contribution in [1.29, 1.82) is 0 Å². The van der Waals surface area contributed by atoms with Gasteiger partial charge in [-0.1, -0.05) is 30.3 Å². The summed E-state index contributed by atoms with van der Waals surface area (Å²) in [6, 6.07) is 13.7. The molecule has 0 spiro atoms. The maximum Gasteiger partial charge on any atom is 0.191 e. The Morgan fingerprint density at radius 1 is 1.31 bits per heavy atom. The molecule has 2 aromatic rings. The Morgan fingerprint density at radius 2 is 2.12 bits per heavy atom. The predicted molar refractivity (Wildman–Crippen MR) is 117 cm³/mol. The van der Waals surface area contributed by atoms with Crippen LogP contribution < -0.4 is 10.6 Å². The lowest BCUT2D eigenvalue weighted by atomic mass is 9.97. The van der Waals surface area contributed by atoms with Crippen molar-refractivity contribution in [3.8, 4) is 0 Å². The highest BCUT2D eigenvalue weighted by atomic mass is 127.